The summed E-state index contributed by atoms with van der Waals surface area (Å²) in [5.74, 6) is -0.139. The third-order valence-electron chi connectivity index (χ3n) is 5.70. The maximum atomic E-state index is 13.2. The van der Waals surface area contributed by atoms with Gasteiger partial charge < -0.3 is 19.9 Å². The van der Waals surface area contributed by atoms with Crippen molar-refractivity contribution in [3.8, 4) is 22.6 Å². The summed E-state index contributed by atoms with van der Waals surface area (Å²) in [7, 11) is 0. The Labute approximate surface area is 225 Å². The Morgan fingerprint density at radius 2 is 1.66 bits per heavy atom. The monoisotopic (exact) mass is 545 g/mol. The molecule has 9 heteroatoms. The van der Waals surface area contributed by atoms with Gasteiger partial charge in [0.25, 0.3) is 5.91 Å². The summed E-state index contributed by atoms with van der Waals surface area (Å²) in [5, 5.41) is 11.4. The van der Waals surface area contributed by atoms with Crippen LogP contribution in [0.15, 0.2) is 48.5 Å². The smallest absolute Gasteiger partial charge is 0.394 e. The second kappa shape index (κ2) is 12.4. The van der Waals surface area contributed by atoms with Crippen LogP contribution in [-0.2, 0) is 4.79 Å². The number of aliphatic carboxylic acids is 1. The maximum absolute atomic E-state index is 13.2. The van der Waals surface area contributed by atoms with Crippen LogP contribution in [0, 0.1) is 19.8 Å². The predicted octanol–water partition coefficient (Wildman–Crippen LogP) is 7.39. The Morgan fingerprint density at radius 3 is 2.21 bits per heavy atom. The first kappa shape index (κ1) is 29.1. The number of rotatable bonds is 12. The van der Waals surface area contributed by atoms with Crippen molar-refractivity contribution < 1.29 is 33.0 Å². The van der Waals surface area contributed by atoms with Gasteiger partial charge in [0.15, 0.2) is 0 Å². The zero-order chi connectivity index (χ0) is 28.0. The minimum Gasteiger partial charge on any atom is -0.485 e. The molecule has 0 bridgehead atoms. The van der Waals surface area contributed by atoms with Crippen molar-refractivity contribution in [3.63, 3.8) is 0 Å². The summed E-state index contributed by atoms with van der Waals surface area (Å²) < 4.78 is 37.4. The number of halogens is 2. The molecular formula is C29H33F2NO5S. The first-order chi connectivity index (χ1) is 17.8. The van der Waals surface area contributed by atoms with Gasteiger partial charge in [0.1, 0.15) is 17.6 Å². The van der Waals surface area contributed by atoms with Crippen LogP contribution in [0.4, 0.5) is 8.78 Å². The first-order valence-electron chi connectivity index (χ1n) is 12.4. The van der Waals surface area contributed by atoms with E-state index in [2.05, 4.69) is 23.9 Å². The van der Waals surface area contributed by atoms with E-state index in [4.69, 9.17) is 9.84 Å². The number of nitrogens with one attached hydrogen (secondary N) is 1. The maximum Gasteiger partial charge on any atom is 0.394 e. The van der Waals surface area contributed by atoms with Gasteiger partial charge in [-0.3, -0.25) is 9.59 Å². The molecular weight excluding hydrogens is 512 g/mol. The molecule has 1 aromatic heterocycles. The van der Waals surface area contributed by atoms with E-state index in [1.807, 2.05) is 32.0 Å². The van der Waals surface area contributed by atoms with Crippen molar-refractivity contribution in [1.82, 2.24) is 5.32 Å². The van der Waals surface area contributed by atoms with Gasteiger partial charge in [-0.15, -0.1) is 11.3 Å². The molecule has 1 heterocycles. The lowest BCUT2D eigenvalue weighted by Crippen LogP contribution is -2.25. The summed E-state index contributed by atoms with van der Waals surface area (Å²) in [6.45, 7) is 8.92. The zero-order valence-corrected chi connectivity index (χ0v) is 23.0. The van der Waals surface area contributed by atoms with Crippen molar-refractivity contribution in [2.45, 2.75) is 59.7 Å². The molecule has 6 nitrogen and oxygen atoms in total. The Kier molecular flexibility index (Phi) is 9.49. The molecule has 1 amide bonds. The summed E-state index contributed by atoms with van der Waals surface area (Å²) in [6, 6.07) is 14.1. The quantitative estimate of drug-likeness (QED) is 0.248. The highest BCUT2D eigenvalue weighted by Gasteiger charge is 2.23. The zero-order valence-electron chi connectivity index (χ0n) is 22.1. The number of carboxylic acid groups (broad SMARTS) is 1. The van der Waals surface area contributed by atoms with E-state index in [1.54, 1.807) is 18.2 Å². The fourth-order valence-corrected chi connectivity index (χ4v) is 5.14. The van der Waals surface area contributed by atoms with E-state index in [0.717, 1.165) is 33.6 Å². The lowest BCUT2D eigenvalue weighted by Gasteiger charge is -2.22. The van der Waals surface area contributed by atoms with Gasteiger partial charge in [-0.05, 0) is 84.8 Å². The predicted molar refractivity (Wildman–Crippen MR) is 144 cm³/mol. The third kappa shape index (κ3) is 8.28. The molecule has 2 N–H and O–H groups in total. The van der Waals surface area contributed by atoms with Crippen LogP contribution in [0.25, 0.3) is 11.1 Å². The second-order valence-corrected chi connectivity index (χ2v) is 10.8. The minimum atomic E-state index is -3.24. The molecule has 3 aromatic rings. The number of hydrogen-bond donors (Lipinski definition) is 2. The minimum absolute atomic E-state index is 0.0685. The standard InChI is InChI=1S/C29H33F2NO5S/c1-17(2)14-23(24-10-11-25(38-24)28(35)32-13-12-26(33)34)36-22-15-18(3)27(19(4)16-22)20-6-8-21(9-7-20)37-29(5,30)31/h6-11,15-17,23H,12-14H2,1-5H3,(H,32,35)(H,33,34). The number of benzene rings is 2. The molecule has 0 spiro atoms. The second-order valence-electron chi connectivity index (χ2n) is 9.70. The average molecular weight is 546 g/mol. The molecule has 0 radical (unpaired) electrons. The van der Waals surface area contributed by atoms with Crippen LogP contribution in [0.1, 0.15) is 65.4 Å². The van der Waals surface area contributed by atoms with Gasteiger partial charge >= 0.3 is 12.1 Å². The number of alkyl halides is 2. The molecule has 0 saturated heterocycles. The van der Waals surface area contributed by atoms with Gasteiger partial charge in [0, 0.05) is 18.3 Å². The van der Waals surface area contributed by atoms with Crippen LogP contribution >= 0.6 is 11.3 Å². The fourth-order valence-electron chi connectivity index (χ4n) is 4.18. The third-order valence-corrected chi connectivity index (χ3v) is 6.88. The van der Waals surface area contributed by atoms with Crippen LogP contribution < -0.4 is 14.8 Å². The number of amides is 1. The van der Waals surface area contributed by atoms with Crippen molar-refractivity contribution >= 4 is 23.2 Å². The molecule has 0 saturated carbocycles. The van der Waals surface area contributed by atoms with Crippen molar-refractivity contribution in [2.75, 3.05) is 6.54 Å². The molecule has 0 aliphatic heterocycles. The van der Waals surface area contributed by atoms with Gasteiger partial charge in [0.2, 0.25) is 0 Å². The number of hydrogen-bond acceptors (Lipinski definition) is 5. The van der Waals surface area contributed by atoms with Crippen LogP contribution in [-0.4, -0.2) is 29.6 Å². The lowest BCUT2D eigenvalue weighted by molar-refractivity contribution is -0.159. The van der Waals surface area contributed by atoms with Gasteiger partial charge in [-0.25, -0.2) is 0 Å². The number of thiophene rings is 1. The molecule has 38 heavy (non-hydrogen) atoms. The summed E-state index contributed by atoms with van der Waals surface area (Å²) in [4.78, 5) is 24.5. The molecule has 0 aliphatic rings. The van der Waals surface area contributed by atoms with E-state index in [9.17, 15) is 18.4 Å². The van der Waals surface area contributed by atoms with E-state index in [0.29, 0.717) is 23.5 Å². The highest BCUT2D eigenvalue weighted by atomic mass is 32.1. The van der Waals surface area contributed by atoms with Gasteiger partial charge in [0.05, 0.1) is 11.3 Å². The molecule has 2 aromatic carbocycles. The van der Waals surface area contributed by atoms with E-state index >= 15 is 0 Å². The van der Waals surface area contributed by atoms with E-state index in [-0.39, 0.29) is 30.7 Å². The normalized spacial score (nSPS) is 12.3. The summed E-state index contributed by atoms with van der Waals surface area (Å²) in [5.41, 5.74) is 3.82. The highest BCUT2D eigenvalue weighted by Crippen LogP contribution is 2.37. The van der Waals surface area contributed by atoms with Gasteiger partial charge in [-0.2, -0.15) is 8.78 Å². The van der Waals surface area contributed by atoms with E-state index in [1.165, 1.54) is 23.5 Å². The van der Waals surface area contributed by atoms with Crippen molar-refractivity contribution in [1.29, 1.82) is 0 Å². The Bertz CT molecular complexity index is 1240. The lowest BCUT2D eigenvalue weighted by atomic mass is 9.95. The number of carboxylic acids is 1. The van der Waals surface area contributed by atoms with Gasteiger partial charge in [-0.1, -0.05) is 26.0 Å². The van der Waals surface area contributed by atoms with Crippen LogP contribution in [0.2, 0.25) is 0 Å². The molecule has 3 rings (SSSR count). The molecule has 0 fully saturated rings. The van der Waals surface area contributed by atoms with E-state index < -0.39 is 12.1 Å². The highest BCUT2D eigenvalue weighted by molar-refractivity contribution is 7.14. The number of carbonyl (C=O) groups excluding carboxylic acids is 1. The molecule has 1 atom stereocenters. The average Bonchev–Trinajstić information content (AvgIpc) is 3.28. The molecule has 0 aliphatic carbocycles. The summed E-state index contributed by atoms with van der Waals surface area (Å²) >= 11 is 1.33. The topological polar surface area (TPSA) is 84.9 Å². The van der Waals surface area contributed by atoms with Crippen LogP contribution in [0.3, 0.4) is 0 Å². The number of carbonyl (C=O) groups is 2. The van der Waals surface area contributed by atoms with Crippen molar-refractivity contribution in [3.05, 3.63) is 69.4 Å². The Hall–Kier alpha value is -3.46. The number of aryl methyl sites for hydroxylation is 2. The molecule has 1 unspecified atom stereocenters. The van der Waals surface area contributed by atoms with Crippen molar-refractivity contribution in [2.24, 2.45) is 5.92 Å². The Balaban J connectivity index is 1.79. The molecule has 204 valence electrons. The van der Waals surface area contributed by atoms with Crippen LogP contribution in [0.5, 0.6) is 11.5 Å². The number of ether oxygens (including phenoxy) is 2. The largest absolute Gasteiger partial charge is 0.485 e. The first-order valence-corrected chi connectivity index (χ1v) is 13.2. The summed E-state index contributed by atoms with van der Waals surface area (Å²) in [6.07, 6.45) is -2.90. The Morgan fingerprint density at radius 1 is 1.03 bits per heavy atom. The SMILES string of the molecule is Cc1cc(OC(CC(C)C)c2ccc(C(=O)NCCC(=O)O)s2)cc(C)c1-c1ccc(OC(C)(F)F)cc1. The fraction of sp³-hybridized carbons (Fsp3) is 0.379.